The molecule has 5 heterocycles. The molecule has 0 spiro atoms. The van der Waals surface area contributed by atoms with Crippen molar-refractivity contribution in [3.8, 4) is 22.6 Å². The van der Waals surface area contributed by atoms with Gasteiger partial charge in [-0.05, 0) is 70.4 Å². The molecule has 0 bridgehead atoms. The van der Waals surface area contributed by atoms with Crippen LogP contribution in [-0.4, -0.2) is 83.5 Å². The zero-order chi connectivity index (χ0) is 38.3. The number of rotatable bonds is 5. The van der Waals surface area contributed by atoms with E-state index in [1.54, 1.807) is 51.8 Å². The molecule has 2 aromatic carbocycles. The second-order valence-electron chi connectivity index (χ2n) is 15.3. The Morgan fingerprint density at radius 2 is 1.72 bits per heavy atom. The first-order valence-electron chi connectivity index (χ1n) is 17.7. The SMILES string of the molecule is COc1cccc(F)c1-c1c(F)cc2c3c(c(=O)n(-c4c(C)ccnc4C(C)C)c2c1F)N(C1CNC1)C(=O)[C@H]1CN(C(=O)OC(C)(C)C)[C@H](C)CN31. The fourth-order valence-electron chi connectivity index (χ4n) is 7.69. The molecule has 3 aliphatic rings. The number of carbonyl (C=O) groups excluding carboxylic acids is 2. The number of anilines is 2. The average Bonchev–Trinajstić information content (AvgIpc) is 3.05. The third kappa shape index (κ3) is 5.78. The van der Waals surface area contributed by atoms with Crippen LogP contribution < -0.4 is 25.4 Å². The number of carbonyl (C=O) groups is 2. The number of methoxy groups -OCH3 is 1. The molecule has 53 heavy (non-hydrogen) atoms. The largest absolute Gasteiger partial charge is 0.496 e. The standard InChI is InChI=1S/C39H43F3N6O5/c1-19(2)31-32(20(3)12-13-44-31)48-33-23(14-25(41)29(30(33)42)28-24(40)10-9-11-27(28)52-8)34-35(37(48)50)47(22-15-43-16-22)36(49)26-18-45(21(4)17-46(26)34)38(51)53-39(5,6)7/h9-14,19,21-22,26,43H,15-18H2,1-8H3/t21-,26-/m1/s1. The molecule has 7 rings (SSSR count). The molecule has 1 N–H and O–H groups in total. The lowest BCUT2D eigenvalue weighted by molar-refractivity contribution is -0.122. The quantitative estimate of drug-likeness (QED) is 0.265. The van der Waals surface area contributed by atoms with Gasteiger partial charge in [0.2, 0.25) is 0 Å². The van der Waals surface area contributed by atoms with Crippen LogP contribution in [0.5, 0.6) is 5.75 Å². The number of fused-ring (bicyclic) bond motifs is 5. The molecule has 3 aliphatic heterocycles. The second-order valence-corrected chi connectivity index (χ2v) is 15.3. The minimum absolute atomic E-state index is 0.000633. The maximum absolute atomic E-state index is 17.7. The minimum atomic E-state index is -1.19. The highest BCUT2D eigenvalue weighted by Gasteiger charge is 2.50. The van der Waals surface area contributed by atoms with Gasteiger partial charge in [-0.25, -0.2) is 18.0 Å². The lowest BCUT2D eigenvalue weighted by Crippen LogP contribution is -2.71. The van der Waals surface area contributed by atoms with E-state index in [-0.39, 0.29) is 52.7 Å². The molecule has 2 amide bonds. The molecule has 2 saturated heterocycles. The minimum Gasteiger partial charge on any atom is -0.496 e. The summed E-state index contributed by atoms with van der Waals surface area (Å²) in [4.78, 5) is 52.6. The normalized spacial score (nSPS) is 19.0. The maximum Gasteiger partial charge on any atom is 0.410 e. The summed E-state index contributed by atoms with van der Waals surface area (Å²) < 4.78 is 62.3. The number of hydrogen-bond donors (Lipinski definition) is 1. The van der Waals surface area contributed by atoms with Crippen LogP contribution in [0.2, 0.25) is 0 Å². The molecule has 0 aliphatic carbocycles. The van der Waals surface area contributed by atoms with Crippen molar-refractivity contribution in [1.29, 1.82) is 0 Å². The Balaban J connectivity index is 1.60. The summed E-state index contributed by atoms with van der Waals surface area (Å²) in [5, 5.41) is 3.16. The number of amides is 2. The van der Waals surface area contributed by atoms with Gasteiger partial charge in [-0.15, -0.1) is 0 Å². The third-order valence-electron chi connectivity index (χ3n) is 10.2. The second kappa shape index (κ2) is 13.1. The predicted octanol–water partition coefficient (Wildman–Crippen LogP) is 6.04. The van der Waals surface area contributed by atoms with Crippen molar-refractivity contribution in [2.24, 2.45) is 0 Å². The molecule has 0 saturated carbocycles. The number of benzene rings is 2. The third-order valence-corrected chi connectivity index (χ3v) is 10.2. The van der Waals surface area contributed by atoms with E-state index < -0.39 is 69.9 Å². The summed E-state index contributed by atoms with van der Waals surface area (Å²) in [7, 11) is 1.27. The number of ether oxygens (including phenoxy) is 2. The molecular weight excluding hydrogens is 689 g/mol. The van der Waals surface area contributed by atoms with Gasteiger partial charge in [-0.3, -0.25) is 24.0 Å². The number of nitrogens with one attached hydrogen (secondary N) is 1. The molecule has 0 radical (unpaired) electrons. The Morgan fingerprint density at radius 3 is 2.34 bits per heavy atom. The van der Waals surface area contributed by atoms with Gasteiger partial charge in [0.15, 0.2) is 5.82 Å². The van der Waals surface area contributed by atoms with Crippen LogP contribution in [0.4, 0.5) is 29.3 Å². The van der Waals surface area contributed by atoms with E-state index in [1.807, 2.05) is 13.8 Å². The lowest BCUT2D eigenvalue weighted by atomic mass is 9.93. The van der Waals surface area contributed by atoms with Crippen LogP contribution >= 0.6 is 0 Å². The Bertz CT molecular complexity index is 2230. The fraction of sp³-hybridized carbons (Fsp3) is 0.436. The van der Waals surface area contributed by atoms with Crippen molar-refractivity contribution in [2.75, 3.05) is 43.1 Å². The molecular formula is C39H43F3N6O5. The van der Waals surface area contributed by atoms with Crippen molar-refractivity contribution in [3.63, 3.8) is 0 Å². The summed E-state index contributed by atoms with van der Waals surface area (Å²) in [6.07, 6.45) is 0.992. The van der Waals surface area contributed by atoms with E-state index in [2.05, 4.69) is 10.3 Å². The Hall–Kier alpha value is -5.11. The molecule has 4 aromatic rings. The highest BCUT2D eigenvalue weighted by Crippen LogP contribution is 2.47. The van der Waals surface area contributed by atoms with Crippen molar-refractivity contribution < 1.29 is 32.2 Å². The highest BCUT2D eigenvalue weighted by atomic mass is 19.1. The number of nitrogens with zero attached hydrogens (tertiary/aromatic N) is 5. The predicted molar refractivity (Wildman–Crippen MR) is 196 cm³/mol. The topological polar surface area (TPSA) is 109 Å². The van der Waals surface area contributed by atoms with Gasteiger partial charge in [0.25, 0.3) is 11.5 Å². The number of piperazine rings is 1. The van der Waals surface area contributed by atoms with Crippen LogP contribution in [0.1, 0.15) is 58.7 Å². The zero-order valence-electron chi connectivity index (χ0n) is 31.0. The van der Waals surface area contributed by atoms with E-state index in [0.717, 1.165) is 12.1 Å². The first-order chi connectivity index (χ1) is 25.0. The summed E-state index contributed by atoms with van der Waals surface area (Å²) in [5.41, 5.74) is -1.52. The van der Waals surface area contributed by atoms with Crippen LogP contribution in [0.25, 0.3) is 27.7 Å². The van der Waals surface area contributed by atoms with Gasteiger partial charge in [0, 0.05) is 37.3 Å². The molecule has 2 aromatic heterocycles. The van der Waals surface area contributed by atoms with Crippen molar-refractivity contribution in [3.05, 3.63) is 75.6 Å². The van der Waals surface area contributed by atoms with Gasteiger partial charge in [0.05, 0.1) is 53.4 Å². The van der Waals surface area contributed by atoms with Gasteiger partial charge in [0.1, 0.15) is 34.7 Å². The monoisotopic (exact) mass is 732 g/mol. The highest BCUT2D eigenvalue weighted by molar-refractivity contribution is 6.13. The van der Waals surface area contributed by atoms with Crippen LogP contribution in [0.3, 0.4) is 0 Å². The van der Waals surface area contributed by atoms with E-state index in [0.29, 0.717) is 24.3 Å². The molecule has 0 unspecified atom stereocenters. The maximum atomic E-state index is 17.7. The number of aryl methyl sites for hydroxylation is 1. The number of hydrogen-bond acceptors (Lipinski definition) is 8. The molecule has 280 valence electrons. The lowest BCUT2D eigenvalue weighted by Gasteiger charge is -2.52. The van der Waals surface area contributed by atoms with E-state index in [4.69, 9.17) is 9.47 Å². The fourth-order valence-corrected chi connectivity index (χ4v) is 7.69. The molecule has 14 heteroatoms. The smallest absolute Gasteiger partial charge is 0.410 e. The Labute approximate surface area is 305 Å². The van der Waals surface area contributed by atoms with Gasteiger partial charge >= 0.3 is 6.09 Å². The van der Waals surface area contributed by atoms with Crippen LogP contribution in [0.15, 0.2) is 41.3 Å². The average molecular weight is 733 g/mol. The van der Waals surface area contributed by atoms with Gasteiger partial charge < -0.3 is 24.6 Å². The number of halogens is 3. The molecule has 11 nitrogen and oxygen atoms in total. The van der Waals surface area contributed by atoms with Crippen molar-refractivity contribution in [2.45, 2.75) is 78.1 Å². The number of aromatic nitrogens is 2. The summed E-state index contributed by atoms with van der Waals surface area (Å²) in [6, 6.07) is 4.65. The molecule has 2 fully saturated rings. The first-order valence-corrected chi connectivity index (χ1v) is 17.7. The Kier molecular flexibility index (Phi) is 8.95. The first kappa shape index (κ1) is 36.3. The van der Waals surface area contributed by atoms with Crippen LogP contribution in [-0.2, 0) is 9.53 Å². The van der Waals surface area contributed by atoms with Gasteiger partial charge in [-0.2, -0.15) is 0 Å². The summed E-state index contributed by atoms with van der Waals surface area (Å²) in [6.45, 7) is 13.3. The van der Waals surface area contributed by atoms with E-state index >= 15 is 18.0 Å². The van der Waals surface area contributed by atoms with Crippen molar-refractivity contribution >= 4 is 34.3 Å². The van der Waals surface area contributed by atoms with E-state index in [9.17, 15) is 9.59 Å². The van der Waals surface area contributed by atoms with Crippen LogP contribution in [0, 0.1) is 24.4 Å². The summed E-state index contributed by atoms with van der Waals surface area (Å²) in [5.74, 6) is -3.97. The Morgan fingerprint density at radius 1 is 1.00 bits per heavy atom. The molecule has 2 atom stereocenters. The number of pyridine rings is 2. The van der Waals surface area contributed by atoms with Crippen molar-refractivity contribution in [1.82, 2.24) is 19.8 Å². The summed E-state index contributed by atoms with van der Waals surface area (Å²) >= 11 is 0. The zero-order valence-corrected chi connectivity index (χ0v) is 31.0. The van der Waals surface area contributed by atoms with E-state index in [1.165, 1.54) is 33.6 Å². The van der Waals surface area contributed by atoms with Gasteiger partial charge in [-0.1, -0.05) is 19.9 Å².